The van der Waals surface area contributed by atoms with E-state index < -0.39 is 0 Å². The van der Waals surface area contributed by atoms with E-state index in [0.717, 1.165) is 12.8 Å². The first-order valence-corrected chi connectivity index (χ1v) is 4.42. The summed E-state index contributed by atoms with van der Waals surface area (Å²) in [5.41, 5.74) is 0. The van der Waals surface area contributed by atoms with Gasteiger partial charge in [-0.1, -0.05) is 33.1 Å². The number of carbonyl (C=O) groups excluding carboxylic acids is 1. The molecule has 0 bridgehead atoms. The van der Waals surface area contributed by atoms with Crippen LogP contribution >= 0.6 is 0 Å². The number of rotatable bonds is 6. The molecule has 2 heteroatoms. The van der Waals surface area contributed by atoms with Crippen LogP contribution in [0, 0.1) is 0 Å². The van der Waals surface area contributed by atoms with Crippen molar-refractivity contribution in [2.45, 2.75) is 52.0 Å². The SMILES string of the molecule is CCCCCC(CC)N=C=O. The highest BCUT2D eigenvalue weighted by Gasteiger charge is 2.01. The number of hydrogen-bond donors (Lipinski definition) is 0. The van der Waals surface area contributed by atoms with E-state index in [0.29, 0.717) is 0 Å². The smallest absolute Gasteiger partial charge is 0.211 e. The van der Waals surface area contributed by atoms with E-state index >= 15 is 0 Å². The van der Waals surface area contributed by atoms with Crippen molar-refractivity contribution in [1.29, 1.82) is 0 Å². The Balaban J connectivity index is 3.43. The molecule has 0 aliphatic rings. The molecule has 0 heterocycles. The fraction of sp³-hybridized carbons (Fsp3) is 0.889. The highest BCUT2D eigenvalue weighted by Crippen LogP contribution is 2.08. The molecule has 1 atom stereocenters. The van der Waals surface area contributed by atoms with Gasteiger partial charge in [0.05, 0.1) is 6.04 Å². The van der Waals surface area contributed by atoms with Crippen LogP contribution in [-0.2, 0) is 4.79 Å². The third kappa shape index (κ3) is 5.81. The predicted molar refractivity (Wildman–Crippen MR) is 46.3 cm³/mol. The molecular formula is C9H17NO. The minimum atomic E-state index is 0.221. The topological polar surface area (TPSA) is 29.4 Å². The number of isocyanates is 1. The van der Waals surface area contributed by atoms with E-state index in [1.165, 1.54) is 19.3 Å². The minimum absolute atomic E-state index is 0.221. The summed E-state index contributed by atoms with van der Waals surface area (Å²) < 4.78 is 0. The van der Waals surface area contributed by atoms with Gasteiger partial charge in [-0.3, -0.25) is 0 Å². The molecule has 0 spiro atoms. The zero-order valence-corrected chi connectivity index (χ0v) is 7.47. The molecule has 0 aromatic carbocycles. The first-order valence-electron chi connectivity index (χ1n) is 4.42. The summed E-state index contributed by atoms with van der Waals surface area (Å²) in [6.07, 6.45) is 7.26. The van der Waals surface area contributed by atoms with Crippen LogP contribution in [0.5, 0.6) is 0 Å². The molecule has 0 aliphatic carbocycles. The van der Waals surface area contributed by atoms with Gasteiger partial charge in [0.15, 0.2) is 0 Å². The normalized spacial score (nSPS) is 12.2. The molecule has 0 aromatic rings. The van der Waals surface area contributed by atoms with Gasteiger partial charge in [0.2, 0.25) is 6.08 Å². The van der Waals surface area contributed by atoms with Gasteiger partial charge in [-0.15, -0.1) is 0 Å². The van der Waals surface area contributed by atoms with Gasteiger partial charge in [-0.2, -0.15) is 0 Å². The van der Waals surface area contributed by atoms with E-state index in [9.17, 15) is 4.79 Å². The molecular weight excluding hydrogens is 138 g/mol. The number of aliphatic imine (C=N–C) groups is 1. The lowest BCUT2D eigenvalue weighted by Crippen LogP contribution is -2.01. The van der Waals surface area contributed by atoms with Crippen LogP contribution in [0.25, 0.3) is 0 Å². The first kappa shape index (κ1) is 10.4. The lowest BCUT2D eigenvalue weighted by molar-refractivity contribution is 0.527. The molecule has 0 saturated heterocycles. The van der Waals surface area contributed by atoms with Gasteiger partial charge < -0.3 is 0 Å². The number of hydrogen-bond acceptors (Lipinski definition) is 2. The molecule has 0 aromatic heterocycles. The molecule has 0 radical (unpaired) electrons. The minimum Gasteiger partial charge on any atom is -0.211 e. The van der Waals surface area contributed by atoms with Crippen molar-refractivity contribution >= 4 is 6.08 Å². The number of nitrogens with zero attached hydrogens (tertiary/aromatic N) is 1. The molecule has 2 nitrogen and oxygen atoms in total. The van der Waals surface area contributed by atoms with E-state index in [-0.39, 0.29) is 6.04 Å². The zero-order valence-electron chi connectivity index (χ0n) is 7.47. The molecule has 1 unspecified atom stereocenters. The van der Waals surface area contributed by atoms with Gasteiger partial charge >= 0.3 is 0 Å². The predicted octanol–water partition coefficient (Wildman–Crippen LogP) is 2.68. The summed E-state index contributed by atoms with van der Waals surface area (Å²) in [6, 6.07) is 0.221. The third-order valence-electron chi connectivity index (χ3n) is 1.85. The maximum atomic E-state index is 9.92. The Hall–Kier alpha value is -0.620. The standard InChI is InChI=1S/C9H17NO/c1-3-5-6-7-9(4-2)10-8-11/h9H,3-7H2,1-2H3. The van der Waals surface area contributed by atoms with Crippen molar-refractivity contribution in [2.75, 3.05) is 0 Å². The summed E-state index contributed by atoms with van der Waals surface area (Å²) in [4.78, 5) is 13.6. The molecule has 0 N–H and O–H groups in total. The Morgan fingerprint density at radius 1 is 1.36 bits per heavy atom. The van der Waals surface area contributed by atoms with E-state index in [1.807, 2.05) is 0 Å². The molecule has 0 saturated carbocycles. The van der Waals surface area contributed by atoms with Crippen LogP contribution in [0.4, 0.5) is 0 Å². The van der Waals surface area contributed by atoms with Crippen molar-refractivity contribution in [2.24, 2.45) is 4.99 Å². The van der Waals surface area contributed by atoms with Crippen LogP contribution < -0.4 is 0 Å². The van der Waals surface area contributed by atoms with Crippen molar-refractivity contribution < 1.29 is 4.79 Å². The van der Waals surface area contributed by atoms with E-state index in [4.69, 9.17) is 0 Å². The van der Waals surface area contributed by atoms with Gasteiger partial charge in [-0.25, -0.2) is 9.79 Å². The van der Waals surface area contributed by atoms with Crippen molar-refractivity contribution in [3.63, 3.8) is 0 Å². The summed E-state index contributed by atoms with van der Waals surface area (Å²) >= 11 is 0. The molecule has 0 fully saturated rings. The second kappa shape index (κ2) is 7.49. The molecule has 0 rings (SSSR count). The van der Waals surface area contributed by atoms with Crippen LogP contribution in [-0.4, -0.2) is 12.1 Å². The Bertz CT molecular complexity index is 128. The Morgan fingerprint density at radius 3 is 2.55 bits per heavy atom. The maximum Gasteiger partial charge on any atom is 0.235 e. The molecule has 0 aliphatic heterocycles. The summed E-state index contributed by atoms with van der Waals surface area (Å²) in [5.74, 6) is 0. The maximum absolute atomic E-state index is 9.92. The Labute approximate surface area is 68.7 Å². The Morgan fingerprint density at radius 2 is 2.09 bits per heavy atom. The van der Waals surface area contributed by atoms with Crippen molar-refractivity contribution in [3.8, 4) is 0 Å². The molecule has 64 valence electrons. The van der Waals surface area contributed by atoms with Crippen LogP contribution in [0.15, 0.2) is 4.99 Å². The van der Waals surface area contributed by atoms with E-state index in [1.54, 1.807) is 6.08 Å². The second-order valence-corrected chi connectivity index (χ2v) is 2.78. The summed E-state index contributed by atoms with van der Waals surface area (Å²) in [6.45, 7) is 4.22. The van der Waals surface area contributed by atoms with Gasteiger partial charge in [0.25, 0.3) is 0 Å². The fourth-order valence-electron chi connectivity index (χ4n) is 1.06. The summed E-state index contributed by atoms with van der Waals surface area (Å²) in [7, 11) is 0. The lowest BCUT2D eigenvalue weighted by Gasteiger charge is -2.05. The van der Waals surface area contributed by atoms with Crippen LogP contribution in [0.3, 0.4) is 0 Å². The monoisotopic (exact) mass is 155 g/mol. The van der Waals surface area contributed by atoms with Crippen LogP contribution in [0.1, 0.15) is 46.0 Å². The molecule has 11 heavy (non-hydrogen) atoms. The third-order valence-corrected chi connectivity index (χ3v) is 1.85. The molecule has 0 amide bonds. The fourth-order valence-corrected chi connectivity index (χ4v) is 1.06. The van der Waals surface area contributed by atoms with Gasteiger partial charge in [0.1, 0.15) is 0 Å². The van der Waals surface area contributed by atoms with E-state index in [2.05, 4.69) is 18.8 Å². The highest BCUT2D eigenvalue weighted by molar-refractivity contribution is 5.33. The average Bonchev–Trinajstić information content (AvgIpc) is 2.03. The summed E-state index contributed by atoms with van der Waals surface area (Å²) in [5, 5.41) is 0. The number of unbranched alkanes of at least 4 members (excludes halogenated alkanes) is 2. The van der Waals surface area contributed by atoms with Gasteiger partial charge in [0, 0.05) is 0 Å². The lowest BCUT2D eigenvalue weighted by atomic mass is 10.1. The second-order valence-electron chi connectivity index (χ2n) is 2.78. The van der Waals surface area contributed by atoms with Crippen molar-refractivity contribution in [1.82, 2.24) is 0 Å². The highest BCUT2D eigenvalue weighted by atomic mass is 16.1. The average molecular weight is 155 g/mol. The largest absolute Gasteiger partial charge is 0.235 e. The van der Waals surface area contributed by atoms with Crippen LogP contribution in [0.2, 0.25) is 0 Å². The zero-order chi connectivity index (χ0) is 8.53. The van der Waals surface area contributed by atoms with Crippen molar-refractivity contribution in [3.05, 3.63) is 0 Å². The first-order chi connectivity index (χ1) is 5.35. The quantitative estimate of drug-likeness (QED) is 0.329. The van der Waals surface area contributed by atoms with Gasteiger partial charge in [-0.05, 0) is 12.8 Å². The Kier molecular flexibility index (Phi) is 7.06.